The molecule has 6 nitrogen and oxygen atoms in total. The molecule has 0 saturated carbocycles. The Morgan fingerprint density at radius 2 is 1.00 bits per heavy atom. The minimum Gasteiger partial charge on any atom is -0.577 e. The molecule has 0 amide bonds. The van der Waals surface area contributed by atoms with E-state index in [1.807, 2.05) is 12.4 Å². The summed E-state index contributed by atoms with van der Waals surface area (Å²) >= 11 is 6.33. The first-order chi connectivity index (χ1) is 17.9. The van der Waals surface area contributed by atoms with Crippen LogP contribution in [0, 0.1) is 9.81 Å². The number of nitroso groups, excluding NO2 is 2. The third-order valence-electron chi connectivity index (χ3n) is 5.81. The minimum absolute atomic E-state index is 0.125. The number of pyridine rings is 2. The zero-order valence-electron chi connectivity index (χ0n) is 22.1. The van der Waals surface area contributed by atoms with E-state index in [4.69, 9.17) is 21.0 Å². The molecule has 0 spiro atoms. The zero-order chi connectivity index (χ0) is 28.4. The van der Waals surface area contributed by atoms with E-state index in [9.17, 15) is 0 Å². The van der Waals surface area contributed by atoms with Crippen LogP contribution in [0.15, 0.2) is 60.9 Å². The van der Waals surface area contributed by atoms with Crippen molar-refractivity contribution < 1.29 is 14.5 Å². The number of halogens is 2. The van der Waals surface area contributed by atoms with Crippen molar-refractivity contribution in [1.29, 1.82) is 0 Å². The van der Waals surface area contributed by atoms with E-state index >= 15 is 0 Å². The van der Waals surface area contributed by atoms with Gasteiger partial charge in [0.15, 0.2) is 0 Å². The summed E-state index contributed by atoms with van der Waals surface area (Å²) in [5.41, 5.74) is 19.3. The number of benzene rings is 2. The second-order valence-electron chi connectivity index (χ2n) is 8.57. The summed E-state index contributed by atoms with van der Waals surface area (Å²) in [4.78, 5) is 23.3. The SMILES string of the molecule is CCc1ccnc2ccc(C(C)C)cc12.CCc1ccnc2ccc(C(C)C)cc12.[Br][W][Br].[N-]=O.[N-]=O. The number of aromatic nitrogens is 2. The summed E-state index contributed by atoms with van der Waals surface area (Å²) in [5, 5.41) is 2.62. The Balaban J connectivity index is 0.000000565. The van der Waals surface area contributed by atoms with E-state index in [0.717, 1.165) is 23.9 Å². The van der Waals surface area contributed by atoms with E-state index in [-0.39, 0.29) is 14.5 Å². The van der Waals surface area contributed by atoms with Crippen molar-refractivity contribution in [3.05, 3.63) is 104 Å². The van der Waals surface area contributed by atoms with Crippen LogP contribution >= 0.6 is 26.6 Å². The minimum atomic E-state index is -0.125. The molecular formula is C28H34Br2N4O2W-2. The summed E-state index contributed by atoms with van der Waals surface area (Å²) < 4.78 is 0. The molecule has 0 unspecified atom stereocenters. The molecule has 2 heterocycles. The average Bonchev–Trinajstić information content (AvgIpc) is 2.94. The van der Waals surface area contributed by atoms with E-state index in [1.54, 1.807) is 0 Å². The van der Waals surface area contributed by atoms with Gasteiger partial charge in [0.1, 0.15) is 0 Å². The van der Waals surface area contributed by atoms with E-state index in [2.05, 4.69) is 127 Å². The largest absolute Gasteiger partial charge is 0.577 e. The fraction of sp³-hybridized carbons (Fsp3) is 0.357. The number of hydrogen-bond donors (Lipinski definition) is 0. The van der Waals surface area contributed by atoms with Crippen molar-refractivity contribution in [2.45, 2.75) is 66.2 Å². The molecule has 0 radical (unpaired) electrons. The molecule has 9 heteroatoms. The molecule has 0 aliphatic heterocycles. The van der Waals surface area contributed by atoms with Crippen molar-refractivity contribution in [1.82, 2.24) is 9.97 Å². The fourth-order valence-corrected chi connectivity index (χ4v) is 3.78. The van der Waals surface area contributed by atoms with Gasteiger partial charge in [0.2, 0.25) is 0 Å². The van der Waals surface area contributed by atoms with Gasteiger partial charge in [-0.2, -0.15) is 0 Å². The van der Waals surface area contributed by atoms with Crippen LogP contribution in [0.5, 0.6) is 0 Å². The Morgan fingerprint density at radius 3 is 1.27 bits per heavy atom. The first kappa shape index (κ1) is 35.1. The summed E-state index contributed by atoms with van der Waals surface area (Å²) in [6.45, 7) is 13.3. The standard InChI is InChI=1S/2C14H17N.2BrH.2NO.W/c2*1-4-11-7-8-15-14-6-5-12(10(2)3)9-13(11)14;;;2*1-2;/h2*5-10H,4H2,1-3H3;2*1H;;;/q;;;;2*-1;+2/p-2. The molecule has 0 saturated heterocycles. The van der Waals surface area contributed by atoms with Gasteiger partial charge in [0.05, 0.1) is 11.0 Å². The second kappa shape index (κ2) is 20.1. The zero-order valence-corrected chi connectivity index (χ0v) is 28.2. The smallest absolute Gasteiger partial charge is 0.423 e. The number of fused-ring (bicyclic) bond motifs is 2. The van der Waals surface area contributed by atoms with Crippen molar-refractivity contribution in [2.75, 3.05) is 0 Å². The number of nitrogens with zero attached hydrogens (tertiary/aromatic N) is 4. The molecule has 200 valence electrons. The van der Waals surface area contributed by atoms with Crippen LogP contribution in [0.25, 0.3) is 33.0 Å². The van der Waals surface area contributed by atoms with E-state index in [1.165, 1.54) is 33.0 Å². The average molecular weight is 802 g/mol. The van der Waals surface area contributed by atoms with Crippen molar-refractivity contribution in [3.63, 3.8) is 0 Å². The molecule has 0 bridgehead atoms. The van der Waals surface area contributed by atoms with Crippen LogP contribution in [0.1, 0.15) is 75.6 Å². The molecule has 0 fully saturated rings. The van der Waals surface area contributed by atoms with Gasteiger partial charge < -0.3 is 21.0 Å². The van der Waals surface area contributed by atoms with Gasteiger partial charge in [-0.1, -0.05) is 53.7 Å². The Kier molecular flexibility index (Phi) is 19.1. The Bertz CT molecular complexity index is 1120. The molecule has 0 aliphatic rings. The Morgan fingerprint density at radius 1 is 0.676 bits per heavy atom. The van der Waals surface area contributed by atoms with E-state index in [0.29, 0.717) is 11.8 Å². The van der Waals surface area contributed by atoms with Gasteiger partial charge in [-0.05, 0) is 83.3 Å². The van der Waals surface area contributed by atoms with Gasteiger partial charge in [0.25, 0.3) is 0 Å². The quantitative estimate of drug-likeness (QED) is 0.205. The maximum atomic E-state index is 7.25. The van der Waals surface area contributed by atoms with Crippen LogP contribution in [-0.2, 0) is 27.3 Å². The third kappa shape index (κ3) is 11.2. The summed E-state index contributed by atoms with van der Waals surface area (Å²) in [7, 11) is 0. The van der Waals surface area contributed by atoms with Crippen molar-refractivity contribution >= 4 is 48.4 Å². The normalized spacial score (nSPS) is 9.78. The molecule has 2 aromatic heterocycles. The van der Waals surface area contributed by atoms with Gasteiger partial charge in [-0.15, -0.1) is 0 Å². The summed E-state index contributed by atoms with van der Waals surface area (Å²) in [6.07, 6.45) is 5.94. The molecule has 2 aromatic carbocycles. The summed E-state index contributed by atoms with van der Waals surface area (Å²) in [5.74, 6) is 1.17. The van der Waals surface area contributed by atoms with Crippen LogP contribution < -0.4 is 0 Å². The maximum absolute atomic E-state index is 7.25. The summed E-state index contributed by atoms with van der Waals surface area (Å²) in [6, 6.07) is 17.4. The molecule has 0 N–H and O–H groups in total. The van der Waals surface area contributed by atoms with Crippen LogP contribution in [0.2, 0.25) is 0 Å². The molecule has 0 aliphatic carbocycles. The number of hydrogen-bond acceptors (Lipinski definition) is 4. The Hall–Kier alpha value is -1.89. The van der Waals surface area contributed by atoms with Gasteiger partial charge >= 0.3 is 41.0 Å². The van der Waals surface area contributed by atoms with Crippen LogP contribution in [0.3, 0.4) is 0 Å². The monoisotopic (exact) mass is 800 g/mol. The first-order valence-electron chi connectivity index (χ1n) is 11.9. The molecule has 4 rings (SSSR count). The molecule has 37 heavy (non-hydrogen) atoms. The molecule has 0 atom stereocenters. The van der Waals surface area contributed by atoms with Crippen molar-refractivity contribution in [2.24, 2.45) is 0 Å². The van der Waals surface area contributed by atoms with Crippen LogP contribution in [0.4, 0.5) is 0 Å². The topological polar surface area (TPSA) is 105 Å². The van der Waals surface area contributed by atoms with E-state index < -0.39 is 0 Å². The number of aryl methyl sites for hydroxylation is 2. The first-order valence-corrected chi connectivity index (χ1v) is 24.7. The van der Waals surface area contributed by atoms with Crippen LogP contribution in [-0.4, -0.2) is 9.97 Å². The van der Waals surface area contributed by atoms with Gasteiger partial charge in [-0.3, -0.25) is 9.97 Å². The van der Waals surface area contributed by atoms with Gasteiger partial charge in [-0.25, -0.2) is 0 Å². The third-order valence-corrected chi connectivity index (χ3v) is 5.81. The molecular weight excluding hydrogens is 768 g/mol. The Labute approximate surface area is 241 Å². The molecule has 4 aromatic rings. The predicted molar refractivity (Wildman–Crippen MR) is 162 cm³/mol. The number of rotatable bonds is 4. The van der Waals surface area contributed by atoms with Gasteiger partial charge in [0, 0.05) is 23.2 Å². The maximum Gasteiger partial charge on any atom is -0.423 e. The predicted octanol–water partition coefficient (Wildman–Crippen LogP) is 10.2. The second-order valence-corrected chi connectivity index (χ2v) is 21.4. The van der Waals surface area contributed by atoms with Crippen molar-refractivity contribution in [3.8, 4) is 0 Å². The fourth-order valence-electron chi connectivity index (χ4n) is 3.78.